The van der Waals surface area contributed by atoms with Gasteiger partial charge in [-0.2, -0.15) is 0 Å². The van der Waals surface area contributed by atoms with E-state index in [1.807, 2.05) is 0 Å². The molecule has 0 radical (unpaired) electrons. The van der Waals surface area contributed by atoms with Gasteiger partial charge in [-0.15, -0.1) is 0 Å². The van der Waals surface area contributed by atoms with Crippen molar-refractivity contribution in [2.45, 2.75) is 19.3 Å². The van der Waals surface area contributed by atoms with E-state index in [9.17, 15) is 14.7 Å². The second-order valence-electron chi connectivity index (χ2n) is 3.31. The molecule has 1 amide bonds. The van der Waals surface area contributed by atoms with Crippen LogP contribution in [0.5, 0.6) is 5.75 Å². The minimum Gasteiger partial charge on any atom is -0.506 e. The number of aromatic hydroxyl groups is 1. The fourth-order valence-corrected chi connectivity index (χ4v) is 1.19. The van der Waals surface area contributed by atoms with Gasteiger partial charge in [0, 0.05) is 12.8 Å². The van der Waals surface area contributed by atoms with Crippen LogP contribution in [-0.2, 0) is 9.59 Å². The van der Waals surface area contributed by atoms with E-state index >= 15 is 0 Å². The number of hydrogen-bond acceptors (Lipinski definition) is 3. The predicted molar refractivity (Wildman–Crippen MR) is 58.2 cm³/mol. The van der Waals surface area contributed by atoms with Crippen molar-refractivity contribution in [1.82, 2.24) is 0 Å². The molecule has 0 aliphatic heterocycles. The minimum absolute atomic E-state index is 0.00548. The number of aliphatic carboxylic acids is 1. The standard InChI is InChI=1S/C11H13NO4/c13-9-5-2-1-4-8(9)12-10(14)6-3-7-11(15)16/h1-2,4-5,13H,3,6-7H2,(H,12,14)(H,15,16). The number of carbonyl (C=O) groups excluding carboxylic acids is 1. The van der Waals surface area contributed by atoms with Crippen molar-refractivity contribution >= 4 is 17.6 Å². The van der Waals surface area contributed by atoms with Gasteiger partial charge in [-0.1, -0.05) is 12.1 Å². The SMILES string of the molecule is O=C(O)CCCC(=O)Nc1ccccc1O. The first-order valence-electron chi connectivity index (χ1n) is 4.89. The Labute approximate surface area is 92.7 Å². The van der Waals surface area contributed by atoms with Crippen LogP contribution in [0, 0.1) is 0 Å². The van der Waals surface area contributed by atoms with E-state index in [1.165, 1.54) is 6.07 Å². The molecule has 0 bridgehead atoms. The van der Waals surface area contributed by atoms with Gasteiger partial charge in [0.1, 0.15) is 5.75 Å². The van der Waals surface area contributed by atoms with Gasteiger partial charge in [0.05, 0.1) is 5.69 Å². The molecule has 3 N–H and O–H groups in total. The van der Waals surface area contributed by atoms with Crippen LogP contribution in [0.1, 0.15) is 19.3 Å². The summed E-state index contributed by atoms with van der Waals surface area (Å²) in [7, 11) is 0. The fraction of sp³-hybridized carbons (Fsp3) is 0.273. The number of phenols is 1. The Balaban J connectivity index is 2.40. The number of anilines is 1. The Morgan fingerprint density at radius 3 is 2.50 bits per heavy atom. The van der Waals surface area contributed by atoms with Crippen molar-refractivity contribution in [3.05, 3.63) is 24.3 Å². The molecule has 1 aromatic carbocycles. The molecule has 86 valence electrons. The third-order valence-corrected chi connectivity index (χ3v) is 1.97. The highest BCUT2D eigenvalue weighted by molar-refractivity contribution is 5.92. The molecule has 0 heterocycles. The van der Waals surface area contributed by atoms with Crippen molar-refractivity contribution in [3.8, 4) is 5.75 Å². The lowest BCUT2D eigenvalue weighted by Crippen LogP contribution is -2.11. The molecule has 0 saturated heterocycles. The molecule has 0 atom stereocenters. The predicted octanol–water partition coefficient (Wildman–Crippen LogP) is 1.59. The van der Waals surface area contributed by atoms with E-state index in [0.29, 0.717) is 5.69 Å². The zero-order valence-electron chi connectivity index (χ0n) is 8.64. The lowest BCUT2D eigenvalue weighted by molar-refractivity contribution is -0.137. The van der Waals surface area contributed by atoms with Crippen molar-refractivity contribution in [2.24, 2.45) is 0 Å². The number of benzene rings is 1. The first-order valence-corrected chi connectivity index (χ1v) is 4.89. The van der Waals surface area contributed by atoms with Crippen LogP contribution in [0.15, 0.2) is 24.3 Å². The van der Waals surface area contributed by atoms with Crippen LogP contribution in [-0.4, -0.2) is 22.1 Å². The number of hydrogen-bond donors (Lipinski definition) is 3. The average Bonchev–Trinajstić information content (AvgIpc) is 2.21. The molecule has 5 heteroatoms. The molecule has 16 heavy (non-hydrogen) atoms. The molecule has 0 saturated carbocycles. The van der Waals surface area contributed by atoms with Gasteiger partial charge in [0.15, 0.2) is 0 Å². The third-order valence-electron chi connectivity index (χ3n) is 1.97. The summed E-state index contributed by atoms with van der Waals surface area (Å²) in [6, 6.07) is 6.37. The Hall–Kier alpha value is -2.04. The Morgan fingerprint density at radius 1 is 1.19 bits per heavy atom. The number of phenolic OH excluding ortho intramolecular Hbond substituents is 1. The van der Waals surface area contributed by atoms with Gasteiger partial charge in [0.25, 0.3) is 0 Å². The van der Waals surface area contributed by atoms with Crippen LogP contribution < -0.4 is 5.32 Å². The molecule has 0 fully saturated rings. The van der Waals surface area contributed by atoms with Gasteiger partial charge < -0.3 is 15.5 Å². The van der Waals surface area contributed by atoms with E-state index in [4.69, 9.17) is 5.11 Å². The molecule has 0 aromatic heterocycles. The third kappa shape index (κ3) is 4.00. The molecule has 0 unspecified atom stereocenters. The summed E-state index contributed by atoms with van der Waals surface area (Å²) in [6.07, 6.45) is 0.379. The highest BCUT2D eigenvalue weighted by atomic mass is 16.4. The maximum absolute atomic E-state index is 11.3. The van der Waals surface area contributed by atoms with Gasteiger partial charge in [-0.05, 0) is 18.6 Å². The lowest BCUT2D eigenvalue weighted by atomic mass is 10.2. The molecule has 5 nitrogen and oxygen atoms in total. The zero-order valence-corrected chi connectivity index (χ0v) is 8.64. The minimum atomic E-state index is -0.921. The molecular formula is C11H13NO4. The molecule has 1 aromatic rings. The first-order chi connectivity index (χ1) is 7.59. The summed E-state index contributed by atoms with van der Waals surface area (Å²) in [6.45, 7) is 0. The van der Waals surface area contributed by atoms with Gasteiger partial charge >= 0.3 is 5.97 Å². The van der Waals surface area contributed by atoms with Crippen molar-refractivity contribution in [3.63, 3.8) is 0 Å². The van der Waals surface area contributed by atoms with Crippen LogP contribution in [0.2, 0.25) is 0 Å². The highest BCUT2D eigenvalue weighted by Crippen LogP contribution is 2.21. The number of carboxylic acids is 1. The van der Waals surface area contributed by atoms with Crippen LogP contribution >= 0.6 is 0 Å². The van der Waals surface area contributed by atoms with Crippen LogP contribution in [0.4, 0.5) is 5.69 Å². The molecule has 0 aliphatic carbocycles. The highest BCUT2D eigenvalue weighted by Gasteiger charge is 2.06. The Morgan fingerprint density at radius 2 is 1.88 bits per heavy atom. The fourth-order valence-electron chi connectivity index (χ4n) is 1.19. The summed E-state index contributed by atoms with van der Waals surface area (Å²) >= 11 is 0. The normalized spacial score (nSPS) is 9.75. The van der Waals surface area contributed by atoms with Gasteiger partial charge in [-0.3, -0.25) is 9.59 Å². The summed E-state index contributed by atoms with van der Waals surface area (Å²) in [5, 5.41) is 20.3. The smallest absolute Gasteiger partial charge is 0.303 e. The van der Waals surface area contributed by atoms with Crippen LogP contribution in [0.3, 0.4) is 0 Å². The molecule has 0 spiro atoms. The molecular weight excluding hydrogens is 210 g/mol. The summed E-state index contributed by atoms with van der Waals surface area (Å²) < 4.78 is 0. The number of para-hydroxylation sites is 2. The number of amides is 1. The van der Waals surface area contributed by atoms with Gasteiger partial charge in [-0.25, -0.2) is 0 Å². The zero-order chi connectivity index (χ0) is 12.0. The van der Waals surface area contributed by atoms with Crippen molar-refractivity contribution in [1.29, 1.82) is 0 Å². The van der Waals surface area contributed by atoms with E-state index < -0.39 is 5.97 Å². The lowest BCUT2D eigenvalue weighted by Gasteiger charge is -2.05. The van der Waals surface area contributed by atoms with Gasteiger partial charge in [0.2, 0.25) is 5.91 Å². The van der Waals surface area contributed by atoms with E-state index in [1.54, 1.807) is 18.2 Å². The van der Waals surface area contributed by atoms with Crippen LogP contribution in [0.25, 0.3) is 0 Å². The van der Waals surface area contributed by atoms with E-state index in [2.05, 4.69) is 5.32 Å². The first kappa shape index (κ1) is 12.0. The maximum atomic E-state index is 11.3. The van der Waals surface area contributed by atoms with E-state index in [0.717, 1.165) is 0 Å². The summed E-state index contributed by atoms with van der Waals surface area (Å²) in [5.41, 5.74) is 0.336. The largest absolute Gasteiger partial charge is 0.506 e. The monoisotopic (exact) mass is 223 g/mol. The summed E-state index contributed by atoms with van der Waals surface area (Å²) in [5.74, 6) is -1.23. The Bertz CT molecular complexity index is 389. The van der Waals surface area contributed by atoms with Crippen molar-refractivity contribution < 1.29 is 19.8 Å². The number of carboxylic acid groups (broad SMARTS) is 1. The molecule has 0 aliphatic rings. The maximum Gasteiger partial charge on any atom is 0.303 e. The number of carbonyl (C=O) groups is 2. The second kappa shape index (κ2) is 5.75. The number of nitrogens with one attached hydrogen (secondary N) is 1. The average molecular weight is 223 g/mol. The van der Waals surface area contributed by atoms with E-state index in [-0.39, 0.29) is 30.9 Å². The quantitative estimate of drug-likeness (QED) is 0.661. The Kier molecular flexibility index (Phi) is 4.32. The molecule has 1 rings (SSSR count). The topological polar surface area (TPSA) is 86.6 Å². The number of rotatable bonds is 5. The summed E-state index contributed by atoms with van der Waals surface area (Å²) in [4.78, 5) is 21.6. The van der Waals surface area contributed by atoms with Crippen molar-refractivity contribution in [2.75, 3.05) is 5.32 Å². The second-order valence-corrected chi connectivity index (χ2v) is 3.31.